The van der Waals surface area contributed by atoms with E-state index in [9.17, 15) is 9.18 Å². The van der Waals surface area contributed by atoms with E-state index in [4.69, 9.17) is 9.97 Å². The van der Waals surface area contributed by atoms with Gasteiger partial charge in [0.1, 0.15) is 16.9 Å². The van der Waals surface area contributed by atoms with Gasteiger partial charge in [-0.3, -0.25) is 19.9 Å². The van der Waals surface area contributed by atoms with E-state index in [1.54, 1.807) is 30.7 Å². The maximum Gasteiger partial charge on any atom is 0.227 e. The minimum Gasteiger partial charge on any atom is -0.336 e. The molecule has 7 rings (SSSR count). The number of carbonyl (C=O) groups is 1. The van der Waals surface area contributed by atoms with Crippen molar-refractivity contribution in [3.05, 3.63) is 72.9 Å². The number of hydrogen-bond donors (Lipinski definition) is 3. The molecule has 1 aliphatic carbocycles. The molecule has 3 N–H and O–H groups in total. The molecule has 39 heavy (non-hydrogen) atoms. The van der Waals surface area contributed by atoms with Crippen molar-refractivity contribution in [2.75, 3.05) is 5.32 Å². The molecule has 0 spiro atoms. The highest BCUT2D eigenvalue weighted by atomic mass is 19.1. The van der Waals surface area contributed by atoms with Gasteiger partial charge in [0.15, 0.2) is 11.5 Å². The summed E-state index contributed by atoms with van der Waals surface area (Å²) in [4.78, 5) is 34.4. The molecule has 1 fully saturated rings. The second-order valence-electron chi connectivity index (χ2n) is 9.75. The Bertz CT molecular complexity index is 1840. The molecule has 0 atom stereocenters. The van der Waals surface area contributed by atoms with E-state index in [2.05, 4.69) is 30.5 Å². The van der Waals surface area contributed by atoms with Crippen molar-refractivity contribution < 1.29 is 9.18 Å². The second kappa shape index (κ2) is 9.39. The molecule has 0 bridgehead atoms. The Morgan fingerprint density at radius 1 is 0.897 bits per heavy atom. The Morgan fingerprint density at radius 3 is 2.56 bits per heavy atom. The number of benzene rings is 1. The zero-order valence-electron chi connectivity index (χ0n) is 20.8. The van der Waals surface area contributed by atoms with Crippen LogP contribution in [0.5, 0.6) is 0 Å². The standard InChI is InChI=1S/C29H23FN8O/c30-19-7-5-16(6-8-19)24-25-22(11-12-32-24)35-28(36-25)27-26-23(37-38-27)10-9-21(34-26)18-13-20(15-31-14-18)33-29(39)17-3-1-2-4-17/h5-15,17H,1-4H2,(H,33,39)(H,35,36)(H,37,38). The van der Waals surface area contributed by atoms with Gasteiger partial charge in [0, 0.05) is 29.4 Å². The van der Waals surface area contributed by atoms with Gasteiger partial charge in [-0.15, -0.1) is 0 Å². The third-order valence-corrected chi connectivity index (χ3v) is 7.18. The summed E-state index contributed by atoms with van der Waals surface area (Å²) in [6, 6.07) is 13.7. The van der Waals surface area contributed by atoms with Crippen LogP contribution in [0.3, 0.4) is 0 Å². The molecule has 6 aromatic rings. The maximum absolute atomic E-state index is 13.5. The van der Waals surface area contributed by atoms with Crippen LogP contribution in [-0.4, -0.2) is 41.0 Å². The topological polar surface area (TPSA) is 125 Å². The predicted octanol–water partition coefficient (Wildman–Crippen LogP) is 5.89. The summed E-state index contributed by atoms with van der Waals surface area (Å²) in [6.07, 6.45) is 9.13. The summed E-state index contributed by atoms with van der Waals surface area (Å²) in [7, 11) is 0. The van der Waals surface area contributed by atoms with Crippen LogP contribution in [-0.2, 0) is 4.79 Å². The maximum atomic E-state index is 13.5. The first-order valence-electron chi connectivity index (χ1n) is 12.8. The summed E-state index contributed by atoms with van der Waals surface area (Å²) < 4.78 is 13.5. The van der Waals surface area contributed by atoms with Crippen molar-refractivity contribution in [3.63, 3.8) is 0 Å². The number of aromatic nitrogens is 7. The lowest BCUT2D eigenvalue weighted by Crippen LogP contribution is -2.20. The van der Waals surface area contributed by atoms with Gasteiger partial charge in [-0.2, -0.15) is 5.10 Å². The second-order valence-corrected chi connectivity index (χ2v) is 9.75. The average molecular weight is 519 g/mol. The molecule has 0 saturated heterocycles. The lowest BCUT2D eigenvalue weighted by molar-refractivity contribution is -0.119. The molecule has 1 aliphatic rings. The fraction of sp³-hybridized carbons (Fsp3) is 0.172. The molecule has 192 valence electrons. The van der Waals surface area contributed by atoms with E-state index in [-0.39, 0.29) is 17.6 Å². The number of imidazole rings is 1. The van der Waals surface area contributed by atoms with Crippen molar-refractivity contribution in [1.29, 1.82) is 0 Å². The van der Waals surface area contributed by atoms with Crippen LogP contribution in [0.25, 0.3) is 56.1 Å². The minimum absolute atomic E-state index is 0.0476. The number of rotatable bonds is 5. The number of halogens is 1. The quantitative estimate of drug-likeness (QED) is 0.261. The summed E-state index contributed by atoms with van der Waals surface area (Å²) in [6.45, 7) is 0. The molecule has 1 saturated carbocycles. The first-order chi connectivity index (χ1) is 19.1. The van der Waals surface area contributed by atoms with E-state index < -0.39 is 0 Å². The van der Waals surface area contributed by atoms with E-state index in [0.29, 0.717) is 39.6 Å². The molecule has 0 aliphatic heterocycles. The molecule has 1 aromatic carbocycles. The predicted molar refractivity (Wildman–Crippen MR) is 146 cm³/mol. The lowest BCUT2D eigenvalue weighted by Gasteiger charge is -2.11. The number of anilines is 1. The molecule has 0 radical (unpaired) electrons. The van der Waals surface area contributed by atoms with E-state index >= 15 is 0 Å². The van der Waals surface area contributed by atoms with Crippen LogP contribution >= 0.6 is 0 Å². The van der Waals surface area contributed by atoms with Crippen molar-refractivity contribution in [3.8, 4) is 34.0 Å². The lowest BCUT2D eigenvalue weighted by atomic mass is 10.1. The van der Waals surface area contributed by atoms with Crippen molar-refractivity contribution in [2.24, 2.45) is 5.92 Å². The first kappa shape index (κ1) is 23.2. The number of amides is 1. The van der Waals surface area contributed by atoms with E-state index in [0.717, 1.165) is 47.8 Å². The fourth-order valence-corrected chi connectivity index (χ4v) is 5.17. The Kier molecular flexibility index (Phi) is 5.58. The van der Waals surface area contributed by atoms with Gasteiger partial charge in [-0.05, 0) is 61.4 Å². The van der Waals surface area contributed by atoms with Gasteiger partial charge in [0.2, 0.25) is 5.91 Å². The number of H-pyrrole nitrogens is 2. The molecular formula is C29H23FN8O. The molecular weight excluding hydrogens is 495 g/mol. The van der Waals surface area contributed by atoms with E-state index in [1.807, 2.05) is 24.3 Å². The van der Waals surface area contributed by atoms with Crippen LogP contribution in [0.2, 0.25) is 0 Å². The average Bonchev–Trinajstić information content (AvgIpc) is 3.73. The largest absolute Gasteiger partial charge is 0.336 e. The van der Waals surface area contributed by atoms with Crippen molar-refractivity contribution in [1.82, 2.24) is 35.1 Å². The van der Waals surface area contributed by atoms with Gasteiger partial charge >= 0.3 is 0 Å². The number of aromatic amines is 2. The number of nitrogens with one attached hydrogen (secondary N) is 3. The third-order valence-electron chi connectivity index (χ3n) is 7.18. The minimum atomic E-state index is -0.310. The highest BCUT2D eigenvalue weighted by molar-refractivity contribution is 5.95. The number of nitrogens with zero attached hydrogens (tertiary/aromatic N) is 5. The molecule has 9 nitrogen and oxygen atoms in total. The SMILES string of the molecule is O=C(Nc1cncc(-c2ccc3[nH]nc(-c4nc5c(-c6ccc(F)cc6)nccc5[nH]4)c3n2)c1)C1CCCC1. The fourth-order valence-electron chi connectivity index (χ4n) is 5.17. The van der Waals surface area contributed by atoms with Gasteiger partial charge in [-0.25, -0.2) is 14.4 Å². The van der Waals surface area contributed by atoms with Gasteiger partial charge in [0.25, 0.3) is 0 Å². The Morgan fingerprint density at radius 2 is 1.72 bits per heavy atom. The van der Waals surface area contributed by atoms with Crippen molar-refractivity contribution >= 4 is 33.7 Å². The highest BCUT2D eigenvalue weighted by Gasteiger charge is 2.23. The Balaban J connectivity index is 1.24. The van der Waals surface area contributed by atoms with Crippen LogP contribution in [0.4, 0.5) is 10.1 Å². The Hall–Kier alpha value is -4.99. The van der Waals surface area contributed by atoms with Crippen LogP contribution in [0, 0.1) is 11.7 Å². The third kappa shape index (κ3) is 4.29. The monoisotopic (exact) mass is 518 g/mol. The molecule has 10 heteroatoms. The zero-order valence-corrected chi connectivity index (χ0v) is 20.8. The smallest absolute Gasteiger partial charge is 0.227 e. The molecule has 5 aromatic heterocycles. The zero-order chi connectivity index (χ0) is 26.3. The Labute approximate surface area is 222 Å². The van der Waals surface area contributed by atoms with Gasteiger partial charge in [-0.1, -0.05) is 12.8 Å². The molecule has 1 amide bonds. The summed E-state index contributed by atoms with van der Waals surface area (Å²) in [5, 5.41) is 10.5. The van der Waals surface area contributed by atoms with Crippen LogP contribution in [0.1, 0.15) is 25.7 Å². The van der Waals surface area contributed by atoms with Gasteiger partial charge in [0.05, 0.1) is 34.3 Å². The number of fused-ring (bicyclic) bond motifs is 2. The number of hydrogen-bond acceptors (Lipinski definition) is 6. The highest BCUT2D eigenvalue weighted by Crippen LogP contribution is 2.31. The summed E-state index contributed by atoms with van der Waals surface area (Å²) >= 11 is 0. The number of carbonyl (C=O) groups excluding carboxylic acids is 1. The van der Waals surface area contributed by atoms with Crippen molar-refractivity contribution in [2.45, 2.75) is 25.7 Å². The van der Waals surface area contributed by atoms with Crippen LogP contribution < -0.4 is 5.32 Å². The number of pyridine rings is 3. The normalized spacial score (nSPS) is 13.9. The van der Waals surface area contributed by atoms with Crippen LogP contribution in [0.15, 0.2) is 67.1 Å². The van der Waals surface area contributed by atoms with E-state index in [1.165, 1.54) is 12.1 Å². The molecule has 5 heterocycles. The molecule has 0 unspecified atom stereocenters. The summed E-state index contributed by atoms with van der Waals surface area (Å²) in [5.41, 5.74) is 6.92. The van der Waals surface area contributed by atoms with Gasteiger partial charge < -0.3 is 10.3 Å². The first-order valence-corrected chi connectivity index (χ1v) is 12.8. The summed E-state index contributed by atoms with van der Waals surface area (Å²) in [5.74, 6) is 0.342.